The normalized spacial score (nSPS) is 25.2. The highest BCUT2D eigenvalue weighted by molar-refractivity contribution is 6.11. The number of carbonyl (C=O) groups excluding carboxylic acids is 1. The van der Waals surface area contributed by atoms with Crippen LogP contribution in [0.3, 0.4) is 0 Å². The number of anilines is 1. The Morgan fingerprint density at radius 1 is 1.31 bits per heavy atom. The van der Waals surface area contributed by atoms with Crippen LogP contribution in [0.1, 0.15) is 34.6 Å². The van der Waals surface area contributed by atoms with E-state index in [2.05, 4.69) is 46.1 Å². The molecule has 0 bridgehead atoms. The van der Waals surface area contributed by atoms with Gasteiger partial charge in [-0.3, -0.25) is 9.89 Å². The fourth-order valence-corrected chi connectivity index (χ4v) is 4.64. The largest absolute Gasteiger partial charge is 0.464 e. The molecule has 3 aliphatic heterocycles. The maximum atomic E-state index is 14.3. The molecule has 1 aromatic rings. The van der Waals surface area contributed by atoms with Crippen molar-refractivity contribution in [2.45, 2.75) is 52.2 Å². The first-order chi connectivity index (χ1) is 15.1. The minimum Gasteiger partial charge on any atom is -0.464 e. The van der Waals surface area contributed by atoms with Crippen LogP contribution < -0.4 is 10.1 Å². The van der Waals surface area contributed by atoms with Crippen molar-refractivity contribution in [2.75, 3.05) is 45.2 Å². The molecule has 0 unspecified atom stereocenters. The first kappa shape index (κ1) is 22.4. The van der Waals surface area contributed by atoms with Crippen molar-refractivity contribution >= 4 is 17.7 Å². The molecule has 0 aromatic carbocycles. The highest BCUT2D eigenvalue weighted by atomic mass is 19.1. The van der Waals surface area contributed by atoms with Crippen LogP contribution >= 0.6 is 0 Å². The number of urea groups is 1. The van der Waals surface area contributed by atoms with E-state index in [0.717, 1.165) is 23.9 Å². The highest BCUT2D eigenvalue weighted by Crippen LogP contribution is 2.39. The van der Waals surface area contributed by atoms with Gasteiger partial charge in [0.1, 0.15) is 5.84 Å². The van der Waals surface area contributed by atoms with E-state index >= 15 is 0 Å². The van der Waals surface area contributed by atoms with Crippen LogP contribution in [0.2, 0.25) is 0 Å². The molecule has 0 radical (unpaired) electrons. The van der Waals surface area contributed by atoms with Gasteiger partial charge >= 0.3 is 12.0 Å². The maximum absolute atomic E-state index is 14.3. The van der Waals surface area contributed by atoms with Gasteiger partial charge in [0.2, 0.25) is 0 Å². The summed E-state index contributed by atoms with van der Waals surface area (Å²) in [5.74, 6) is -0.0288. The second-order valence-electron chi connectivity index (χ2n) is 9.25. The van der Waals surface area contributed by atoms with Gasteiger partial charge in [-0.1, -0.05) is 0 Å². The van der Waals surface area contributed by atoms with Crippen molar-refractivity contribution in [3.8, 4) is 6.01 Å². The fraction of sp³-hybridized carbons (Fsp3) is 0.636. The molecule has 0 saturated carbocycles. The number of nitrogens with one attached hydrogen (secondary N) is 1. The number of rotatable bonds is 3. The van der Waals surface area contributed by atoms with Crippen molar-refractivity contribution in [3.05, 3.63) is 23.2 Å². The molecule has 2 atom stereocenters. The summed E-state index contributed by atoms with van der Waals surface area (Å²) >= 11 is 0. The van der Waals surface area contributed by atoms with Crippen LogP contribution in [0.5, 0.6) is 6.01 Å². The minimum atomic E-state index is -0.587. The number of nitrogens with zero attached hydrogens (tertiary/aromatic N) is 6. The van der Waals surface area contributed by atoms with Gasteiger partial charge < -0.3 is 19.9 Å². The monoisotopic (exact) mass is 445 g/mol. The zero-order valence-corrected chi connectivity index (χ0v) is 19.6. The Labute approximate surface area is 188 Å². The van der Waals surface area contributed by atoms with Gasteiger partial charge in [-0.15, -0.1) is 0 Å². The van der Waals surface area contributed by atoms with Crippen LogP contribution in [0, 0.1) is 5.82 Å². The smallest absolute Gasteiger partial charge is 0.321 e. The van der Waals surface area contributed by atoms with Gasteiger partial charge in [-0.05, 0) is 47.2 Å². The van der Waals surface area contributed by atoms with Crippen molar-refractivity contribution in [1.29, 1.82) is 0 Å². The first-order valence-electron chi connectivity index (χ1n) is 11.1. The summed E-state index contributed by atoms with van der Waals surface area (Å²) in [6, 6.07) is 0.571. The van der Waals surface area contributed by atoms with Crippen LogP contribution in [-0.2, 0) is 0 Å². The zero-order valence-electron chi connectivity index (χ0n) is 19.6. The van der Waals surface area contributed by atoms with E-state index in [1.54, 1.807) is 0 Å². The molecule has 1 N–H and O–H groups in total. The molecule has 1 saturated heterocycles. The summed E-state index contributed by atoms with van der Waals surface area (Å²) < 4.78 is 19.6. The van der Waals surface area contributed by atoms with E-state index in [9.17, 15) is 9.18 Å². The molecule has 1 aromatic heterocycles. The van der Waals surface area contributed by atoms with Gasteiger partial charge in [0.25, 0.3) is 0 Å². The summed E-state index contributed by atoms with van der Waals surface area (Å²) in [5.41, 5.74) is 1.52. The molecule has 174 valence electrons. The fourth-order valence-electron chi connectivity index (χ4n) is 4.64. The van der Waals surface area contributed by atoms with E-state index < -0.39 is 11.4 Å². The summed E-state index contributed by atoms with van der Waals surface area (Å²) in [7, 11) is 2.09. The molecule has 4 heterocycles. The molecule has 9 nitrogen and oxygen atoms in total. The molecule has 32 heavy (non-hydrogen) atoms. The lowest BCUT2D eigenvalue weighted by atomic mass is 9.94. The van der Waals surface area contributed by atoms with E-state index in [1.165, 1.54) is 0 Å². The van der Waals surface area contributed by atoms with Crippen LogP contribution in [-0.4, -0.2) is 94.0 Å². The zero-order chi connectivity index (χ0) is 23.2. The molecule has 1 fully saturated rings. The third kappa shape index (κ3) is 3.80. The SMILES string of the molecule is CCOc1ncc(F)c(NC2=NCC3=C2CN(C(=O)N2C[C@H](C)N(C)C[C@@H]2C)C3(C)C)n1. The Bertz CT molecular complexity index is 977. The van der Waals surface area contributed by atoms with E-state index in [0.29, 0.717) is 38.1 Å². The molecule has 2 amide bonds. The lowest BCUT2D eigenvalue weighted by Crippen LogP contribution is -2.61. The van der Waals surface area contributed by atoms with Gasteiger partial charge in [0.05, 0.1) is 31.4 Å². The van der Waals surface area contributed by atoms with E-state index in [1.807, 2.05) is 30.6 Å². The number of aliphatic imine (C=N–C) groups is 1. The molecule has 0 aliphatic carbocycles. The molecule has 4 rings (SSSR count). The number of hydrogen-bond acceptors (Lipinski definition) is 7. The van der Waals surface area contributed by atoms with Gasteiger partial charge in [-0.25, -0.2) is 14.2 Å². The topological polar surface area (TPSA) is 86.2 Å². The number of hydrogen-bond donors (Lipinski definition) is 1. The minimum absolute atomic E-state index is 0.0139. The number of amidine groups is 1. The van der Waals surface area contributed by atoms with Crippen LogP contribution in [0.15, 0.2) is 22.3 Å². The summed E-state index contributed by atoms with van der Waals surface area (Å²) in [6.45, 7) is 13.0. The third-order valence-corrected chi connectivity index (χ3v) is 6.78. The standard InChI is InChI=1S/C22H32FN7O2/c1-7-32-20-25-9-17(23)19(27-20)26-18-15-12-30(22(4,5)16(15)8-24-18)21(31)29-11-13(2)28(6)10-14(29)3/h9,13-14H,7-8,10-12H2,1-6H3,(H,24,25,26,27)/t13-,14-/m0/s1. The van der Waals surface area contributed by atoms with Crippen molar-refractivity contribution < 1.29 is 13.9 Å². The van der Waals surface area contributed by atoms with E-state index in [-0.39, 0.29) is 23.9 Å². The Morgan fingerprint density at radius 2 is 2.06 bits per heavy atom. The molecule has 0 spiro atoms. The highest BCUT2D eigenvalue weighted by Gasteiger charge is 2.47. The number of likely N-dealkylation sites (N-methyl/N-ethyl adjacent to an activating group) is 1. The maximum Gasteiger partial charge on any atom is 0.321 e. The number of amides is 2. The Morgan fingerprint density at radius 3 is 2.78 bits per heavy atom. The molecule has 3 aliphatic rings. The van der Waals surface area contributed by atoms with Crippen LogP contribution in [0.4, 0.5) is 15.0 Å². The number of piperazine rings is 1. The number of halogens is 1. The van der Waals surface area contributed by atoms with Gasteiger partial charge in [0.15, 0.2) is 11.6 Å². The van der Waals surface area contributed by atoms with Gasteiger partial charge in [-0.2, -0.15) is 4.98 Å². The summed E-state index contributed by atoms with van der Waals surface area (Å²) in [4.78, 5) is 32.3. The number of aromatic nitrogens is 2. The van der Waals surface area contributed by atoms with Gasteiger partial charge in [0, 0.05) is 30.7 Å². The second-order valence-corrected chi connectivity index (χ2v) is 9.25. The van der Waals surface area contributed by atoms with Crippen LogP contribution in [0.25, 0.3) is 0 Å². The molecular weight excluding hydrogens is 413 g/mol. The average Bonchev–Trinajstić information content (AvgIpc) is 3.25. The Hall–Kier alpha value is -2.75. The lowest BCUT2D eigenvalue weighted by molar-refractivity contribution is 0.0553. The number of carbonyl (C=O) groups is 1. The third-order valence-electron chi connectivity index (χ3n) is 6.78. The Kier molecular flexibility index (Phi) is 5.83. The van der Waals surface area contributed by atoms with Crippen molar-refractivity contribution in [2.24, 2.45) is 4.99 Å². The summed E-state index contributed by atoms with van der Waals surface area (Å²) in [6.07, 6.45) is 1.08. The van der Waals surface area contributed by atoms with Crippen molar-refractivity contribution in [3.63, 3.8) is 0 Å². The Balaban J connectivity index is 1.53. The molecule has 10 heteroatoms. The first-order valence-corrected chi connectivity index (χ1v) is 11.1. The molecular formula is C22H32FN7O2. The van der Waals surface area contributed by atoms with E-state index in [4.69, 9.17) is 4.74 Å². The van der Waals surface area contributed by atoms with Crippen molar-refractivity contribution in [1.82, 2.24) is 24.7 Å². The predicted molar refractivity (Wildman–Crippen MR) is 121 cm³/mol. The second kappa shape index (κ2) is 8.31. The predicted octanol–water partition coefficient (Wildman–Crippen LogP) is 2.37. The number of ether oxygens (including phenoxy) is 1. The average molecular weight is 446 g/mol. The summed E-state index contributed by atoms with van der Waals surface area (Å²) in [5, 5.41) is 3.01. The lowest BCUT2D eigenvalue weighted by Gasteiger charge is -2.46. The quantitative estimate of drug-likeness (QED) is 0.769.